The number of carbonyl (C=O) groups is 2. The van der Waals surface area contributed by atoms with Gasteiger partial charge in [-0.05, 0) is 49.4 Å². The van der Waals surface area contributed by atoms with Gasteiger partial charge in [0.15, 0.2) is 0 Å². The highest BCUT2D eigenvalue weighted by Crippen LogP contribution is 2.26. The number of amides is 2. The van der Waals surface area contributed by atoms with Gasteiger partial charge in [-0.15, -0.1) is 0 Å². The standard InChI is InChI=1S/C20H31N3O6S/c1-14(2)8-9-21-19(24)20(25)22-13-18-23(10-5-11-29-18)30(26,27)16-6-7-17(28-4)15(3)12-16/h6-7,12,14,18H,5,8-11,13H2,1-4H3,(H,21,24)(H,22,25). The third-order valence-corrected chi connectivity index (χ3v) is 6.66. The summed E-state index contributed by atoms with van der Waals surface area (Å²) in [7, 11) is -2.33. The van der Waals surface area contributed by atoms with Crippen LogP contribution in [0.2, 0.25) is 0 Å². The maximum Gasteiger partial charge on any atom is 0.309 e. The quantitative estimate of drug-likeness (QED) is 0.582. The van der Waals surface area contributed by atoms with Crippen molar-refractivity contribution in [3.05, 3.63) is 23.8 Å². The predicted octanol–water partition coefficient (Wildman–Crippen LogP) is 1.02. The third-order valence-electron chi connectivity index (χ3n) is 4.78. The SMILES string of the molecule is COc1ccc(S(=O)(=O)N2CCCOC2CNC(=O)C(=O)NCCC(C)C)cc1C. The van der Waals surface area contributed by atoms with Crippen molar-refractivity contribution in [2.45, 2.75) is 44.7 Å². The first-order valence-electron chi connectivity index (χ1n) is 10.0. The third kappa shape index (κ3) is 6.16. The van der Waals surface area contributed by atoms with E-state index in [-0.39, 0.29) is 18.0 Å². The zero-order valence-electron chi connectivity index (χ0n) is 17.9. The van der Waals surface area contributed by atoms with Crippen LogP contribution in [0.5, 0.6) is 5.75 Å². The molecule has 1 aliphatic rings. The molecule has 0 aliphatic carbocycles. The minimum atomic E-state index is -3.85. The van der Waals surface area contributed by atoms with Crippen LogP contribution in [0.15, 0.2) is 23.1 Å². The summed E-state index contributed by atoms with van der Waals surface area (Å²) >= 11 is 0. The van der Waals surface area contributed by atoms with Crippen molar-refractivity contribution in [1.82, 2.24) is 14.9 Å². The van der Waals surface area contributed by atoms with Crippen LogP contribution in [-0.4, -0.2) is 64.1 Å². The lowest BCUT2D eigenvalue weighted by Gasteiger charge is -2.34. The highest BCUT2D eigenvalue weighted by Gasteiger charge is 2.35. The minimum absolute atomic E-state index is 0.119. The number of aryl methyl sites for hydroxylation is 1. The Morgan fingerprint density at radius 1 is 1.27 bits per heavy atom. The van der Waals surface area contributed by atoms with Gasteiger partial charge in [-0.2, -0.15) is 4.31 Å². The Labute approximate surface area is 178 Å². The highest BCUT2D eigenvalue weighted by atomic mass is 32.2. The molecule has 1 saturated heterocycles. The van der Waals surface area contributed by atoms with E-state index < -0.39 is 28.1 Å². The van der Waals surface area contributed by atoms with E-state index in [1.807, 2.05) is 13.8 Å². The number of nitrogens with zero attached hydrogens (tertiary/aromatic N) is 1. The molecule has 1 atom stereocenters. The van der Waals surface area contributed by atoms with Crippen LogP contribution < -0.4 is 15.4 Å². The van der Waals surface area contributed by atoms with Gasteiger partial charge in [0.25, 0.3) is 0 Å². The van der Waals surface area contributed by atoms with Crippen molar-refractivity contribution in [3.63, 3.8) is 0 Å². The molecule has 10 heteroatoms. The van der Waals surface area contributed by atoms with Crippen molar-refractivity contribution >= 4 is 21.8 Å². The summed E-state index contributed by atoms with van der Waals surface area (Å²) in [4.78, 5) is 24.0. The van der Waals surface area contributed by atoms with Gasteiger partial charge in [-0.1, -0.05) is 13.8 Å². The van der Waals surface area contributed by atoms with E-state index in [9.17, 15) is 18.0 Å². The molecule has 9 nitrogen and oxygen atoms in total. The molecule has 1 fully saturated rings. The Balaban J connectivity index is 2.04. The van der Waals surface area contributed by atoms with Crippen LogP contribution in [0.25, 0.3) is 0 Å². The van der Waals surface area contributed by atoms with E-state index in [1.165, 1.54) is 17.5 Å². The van der Waals surface area contributed by atoms with E-state index in [0.29, 0.717) is 36.8 Å². The molecule has 1 heterocycles. The molecule has 0 radical (unpaired) electrons. The first kappa shape index (κ1) is 24.1. The predicted molar refractivity (Wildman–Crippen MR) is 111 cm³/mol. The molecule has 1 aromatic rings. The summed E-state index contributed by atoms with van der Waals surface area (Å²) in [5.41, 5.74) is 0.694. The number of sulfonamides is 1. The monoisotopic (exact) mass is 441 g/mol. The zero-order chi connectivity index (χ0) is 22.3. The van der Waals surface area contributed by atoms with Gasteiger partial charge in [0.2, 0.25) is 10.0 Å². The maximum atomic E-state index is 13.1. The molecule has 0 spiro atoms. The molecule has 1 aliphatic heterocycles. The second kappa shape index (κ2) is 10.7. The number of hydrogen-bond donors (Lipinski definition) is 2. The number of methoxy groups -OCH3 is 1. The minimum Gasteiger partial charge on any atom is -0.496 e. The van der Waals surface area contributed by atoms with Crippen molar-refractivity contribution < 1.29 is 27.5 Å². The van der Waals surface area contributed by atoms with Gasteiger partial charge in [0.1, 0.15) is 12.0 Å². The zero-order valence-corrected chi connectivity index (χ0v) is 18.8. The highest BCUT2D eigenvalue weighted by molar-refractivity contribution is 7.89. The fraction of sp³-hybridized carbons (Fsp3) is 0.600. The molecule has 2 rings (SSSR count). The van der Waals surface area contributed by atoms with Crippen LogP contribution in [0, 0.1) is 12.8 Å². The first-order chi connectivity index (χ1) is 14.2. The second-order valence-corrected chi connectivity index (χ2v) is 9.47. The molecule has 2 N–H and O–H groups in total. The maximum absolute atomic E-state index is 13.1. The van der Waals surface area contributed by atoms with Crippen molar-refractivity contribution in [2.75, 3.05) is 33.4 Å². The van der Waals surface area contributed by atoms with Crippen LogP contribution in [-0.2, 0) is 24.3 Å². The summed E-state index contributed by atoms with van der Waals surface area (Å²) in [5.74, 6) is -0.558. The molecule has 2 amide bonds. The molecule has 1 aromatic carbocycles. The molecule has 0 aromatic heterocycles. The lowest BCUT2D eigenvalue weighted by molar-refractivity contribution is -0.140. The number of nitrogens with one attached hydrogen (secondary N) is 2. The largest absolute Gasteiger partial charge is 0.496 e. The van der Waals surface area contributed by atoms with Crippen LogP contribution >= 0.6 is 0 Å². The van der Waals surface area contributed by atoms with Gasteiger partial charge in [-0.25, -0.2) is 8.42 Å². The number of rotatable bonds is 8. The number of carbonyl (C=O) groups excluding carboxylic acids is 2. The van der Waals surface area contributed by atoms with Crippen molar-refractivity contribution in [2.24, 2.45) is 5.92 Å². The fourth-order valence-corrected chi connectivity index (χ4v) is 4.72. The van der Waals surface area contributed by atoms with Gasteiger partial charge < -0.3 is 20.1 Å². The lowest BCUT2D eigenvalue weighted by atomic mass is 10.1. The van der Waals surface area contributed by atoms with E-state index in [4.69, 9.17) is 9.47 Å². The molecular formula is C20H31N3O6S. The van der Waals surface area contributed by atoms with Crippen molar-refractivity contribution in [1.29, 1.82) is 0 Å². The van der Waals surface area contributed by atoms with E-state index >= 15 is 0 Å². The van der Waals surface area contributed by atoms with Crippen LogP contribution in [0.4, 0.5) is 0 Å². The Bertz CT molecular complexity index is 856. The number of benzene rings is 1. The number of hydrogen-bond acceptors (Lipinski definition) is 6. The average Bonchev–Trinajstić information content (AvgIpc) is 2.71. The summed E-state index contributed by atoms with van der Waals surface area (Å²) in [6.45, 7) is 6.72. The summed E-state index contributed by atoms with van der Waals surface area (Å²) in [5, 5.41) is 5.02. The Morgan fingerprint density at radius 3 is 2.60 bits per heavy atom. The smallest absolute Gasteiger partial charge is 0.309 e. The Morgan fingerprint density at radius 2 is 1.97 bits per heavy atom. The fourth-order valence-electron chi connectivity index (χ4n) is 3.06. The summed E-state index contributed by atoms with van der Waals surface area (Å²) in [6, 6.07) is 4.62. The van der Waals surface area contributed by atoms with Gasteiger partial charge in [0.05, 0.1) is 25.2 Å². The second-order valence-electron chi connectivity index (χ2n) is 7.57. The van der Waals surface area contributed by atoms with Gasteiger partial charge >= 0.3 is 11.8 Å². The van der Waals surface area contributed by atoms with E-state index in [2.05, 4.69) is 10.6 Å². The van der Waals surface area contributed by atoms with Gasteiger partial charge in [0, 0.05) is 13.1 Å². The molecule has 0 bridgehead atoms. The molecule has 1 unspecified atom stereocenters. The van der Waals surface area contributed by atoms with Crippen LogP contribution in [0.3, 0.4) is 0 Å². The van der Waals surface area contributed by atoms with E-state index in [1.54, 1.807) is 19.1 Å². The normalized spacial score (nSPS) is 17.6. The average molecular weight is 442 g/mol. The topological polar surface area (TPSA) is 114 Å². The first-order valence-corrected chi connectivity index (χ1v) is 11.4. The van der Waals surface area contributed by atoms with E-state index in [0.717, 1.165) is 6.42 Å². The lowest BCUT2D eigenvalue weighted by Crippen LogP contribution is -2.53. The Kier molecular flexibility index (Phi) is 8.63. The number of ether oxygens (including phenoxy) is 2. The summed E-state index contributed by atoms with van der Waals surface area (Å²) < 4.78 is 38.3. The Hall–Kier alpha value is -2.17. The molecular weight excluding hydrogens is 410 g/mol. The van der Waals surface area contributed by atoms with Crippen LogP contribution in [0.1, 0.15) is 32.3 Å². The molecule has 0 saturated carbocycles. The van der Waals surface area contributed by atoms with Gasteiger partial charge in [-0.3, -0.25) is 9.59 Å². The molecule has 30 heavy (non-hydrogen) atoms. The van der Waals surface area contributed by atoms with Crippen molar-refractivity contribution in [3.8, 4) is 5.75 Å². The molecule has 168 valence electrons. The summed E-state index contributed by atoms with van der Waals surface area (Å²) in [6.07, 6.45) is 0.408.